The first-order chi connectivity index (χ1) is 11.3. The molecule has 0 spiro atoms. The third kappa shape index (κ3) is 5.16. The summed E-state index contributed by atoms with van der Waals surface area (Å²) in [7, 11) is -4.63. The highest BCUT2D eigenvalue weighted by molar-refractivity contribution is 7.52. The Hall–Kier alpha value is -1.69. The highest BCUT2D eigenvalue weighted by Crippen LogP contribution is 2.50. The van der Waals surface area contributed by atoms with Gasteiger partial charge in [0.25, 0.3) is 0 Å². The summed E-state index contributed by atoms with van der Waals surface area (Å²) in [5, 5.41) is 12.4. The van der Waals surface area contributed by atoms with Gasteiger partial charge in [-0.15, -0.1) is 0 Å². The van der Waals surface area contributed by atoms with Crippen LogP contribution in [0.25, 0.3) is 0 Å². The first kappa shape index (κ1) is 18.6. The summed E-state index contributed by atoms with van der Waals surface area (Å²) in [6.45, 7) is 0. The van der Waals surface area contributed by atoms with E-state index in [1.807, 2.05) is 0 Å². The molecule has 128 valence electrons. The molecular formula is C16H17ClNO5P. The molecule has 0 aliphatic carbocycles. The summed E-state index contributed by atoms with van der Waals surface area (Å²) in [6.07, 6.45) is 0.0975. The molecule has 8 heteroatoms. The molecule has 0 amide bonds. The molecule has 0 fully saturated rings. The fraction of sp³-hybridized carbons (Fsp3) is 0.188. The number of benzene rings is 2. The van der Waals surface area contributed by atoms with Crippen LogP contribution in [0.4, 0.5) is 0 Å². The lowest BCUT2D eigenvalue weighted by molar-refractivity contribution is -0.139. The maximum Gasteiger partial charge on any atom is 0.346 e. The second-order valence-electron chi connectivity index (χ2n) is 5.29. The summed E-state index contributed by atoms with van der Waals surface area (Å²) in [4.78, 5) is 30.8. The average Bonchev–Trinajstić information content (AvgIpc) is 2.52. The number of carboxylic acid groups (broad SMARTS) is 1. The van der Waals surface area contributed by atoms with Crippen molar-refractivity contribution in [3.8, 4) is 0 Å². The highest BCUT2D eigenvalue weighted by Gasteiger charge is 2.34. The van der Waals surface area contributed by atoms with Crippen molar-refractivity contribution in [1.82, 2.24) is 5.32 Å². The largest absolute Gasteiger partial charge is 0.480 e. The normalized spacial score (nSPS) is 14.1. The molecule has 4 N–H and O–H groups in total. The third-order valence-corrected chi connectivity index (χ3v) is 4.83. The van der Waals surface area contributed by atoms with Gasteiger partial charge in [-0.1, -0.05) is 54.1 Å². The molecule has 2 aromatic carbocycles. The van der Waals surface area contributed by atoms with Crippen LogP contribution in [0.3, 0.4) is 0 Å². The van der Waals surface area contributed by atoms with Crippen molar-refractivity contribution in [2.45, 2.75) is 18.2 Å². The second-order valence-corrected chi connectivity index (χ2v) is 7.42. The Balaban J connectivity index is 2.27. The van der Waals surface area contributed by atoms with Gasteiger partial charge in [0.15, 0.2) is 0 Å². The Morgan fingerprint density at radius 2 is 1.67 bits per heavy atom. The van der Waals surface area contributed by atoms with Gasteiger partial charge in [-0.3, -0.25) is 14.7 Å². The molecule has 0 aromatic heterocycles. The van der Waals surface area contributed by atoms with E-state index < -0.39 is 25.4 Å². The van der Waals surface area contributed by atoms with E-state index in [1.54, 1.807) is 30.3 Å². The molecule has 0 aliphatic rings. The molecule has 2 aromatic rings. The van der Waals surface area contributed by atoms with Gasteiger partial charge in [0.1, 0.15) is 11.8 Å². The molecule has 0 heterocycles. The van der Waals surface area contributed by atoms with Crippen LogP contribution in [0.1, 0.15) is 16.9 Å². The van der Waals surface area contributed by atoms with E-state index in [0.29, 0.717) is 5.02 Å². The first-order valence-electron chi connectivity index (χ1n) is 7.11. The van der Waals surface area contributed by atoms with E-state index in [1.165, 1.54) is 24.3 Å². The number of rotatable bonds is 7. The summed E-state index contributed by atoms with van der Waals surface area (Å²) in [6, 6.07) is 13.6. The molecule has 24 heavy (non-hydrogen) atoms. The van der Waals surface area contributed by atoms with Gasteiger partial charge in [0.05, 0.1) is 0 Å². The molecule has 0 saturated carbocycles. The molecule has 0 saturated heterocycles. The lowest BCUT2D eigenvalue weighted by Gasteiger charge is -2.24. The topological polar surface area (TPSA) is 107 Å². The van der Waals surface area contributed by atoms with Crippen LogP contribution >= 0.6 is 19.2 Å². The minimum Gasteiger partial charge on any atom is -0.480 e. The number of hydrogen-bond donors (Lipinski definition) is 4. The number of hydrogen-bond acceptors (Lipinski definition) is 3. The Morgan fingerprint density at radius 1 is 1.08 bits per heavy atom. The molecule has 0 unspecified atom stereocenters. The van der Waals surface area contributed by atoms with Crippen molar-refractivity contribution in [2.75, 3.05) is 0 Å². The van der Waals surface area contributed by atoms with Gasteiger partial charge in [-0.05, 0) is 29.7 Å². The lowest BCUT2D eigenvalue weighted by atomic mass is 10.1. The number of nitrogens with one attached hydrogen (secondary N) is 1. The highest BCUT2D eigenvalue weighted by atomic mass is 35.5. The molecular weight excluding hydrogens is 353 g/mol. The van der Waals surface area contributed by atoms with Gasteiger partial charge in [-0.2, -0.15) is 0 Å². The standard InChI is InChI=1S/C16H17ClNO5P/c17-13-8-6-12(7-9-13)15(24(21,22)23)18-14(16(19)20)10-11-4-2-1-3-5-11/h1-9,14-15,18H,10H2,(H,19,20)(H2,21,22,23)/t14-,15+/m1/s1. The molecule has 2 rings (SSSR count). The molecule has 2 atom stereocenters. The van der Waals surface area contributed by atoms with Crippen molar-refractivity contribution in [3.05, 3.63) is 70.7 Å². The van der Waals surface area contributed by atoms with Gasteiger partial charge in [0, 0.05) is 5.02 Å². The van der Waals surface area contributed by atoms with Crippen molar-refractivity contribution >= 4 is 25.2 Å². The van der Waals surface area contributed by atoms with E-state index in [4.69, 9.17) is 11.6 Å². The van der Waals surface area contributed by atoms with Gasteiger partial charge < -0.3 is 14.9 Å². The predicted octanol–water partition coefficient (Wildman–Crippen LogP) is 2.80. The number of halogens is 1. The fourth-order valence-electron chi connectivity index (χ4n) is 2.29. The number of carbonyl (C=O) groups is 1. The van der Waals surface area contributed by atoms with Crippen LogP contribution in [0.15, 0.2) is 54.6 Å². The Bertz CT molecular complexity index is 732. The van der Waals surface area contributed by atoms with Crippen molar-refractivity contribution in [2.24, 2.45) is 0 Å². The minimum absolute atomic E-state index is 0.0975. The third-order valence-electron chi connectivity index (χ3n) is 3.46. The molecule has 0 radical (unpaired) electrons. The van der Waals surface area contributed by atoms with Crippen molar-refractivity contribution < 1.29 is 24.3 Å². The zero-order valence-electron chi connectivity index (χ0n) is 12.5. The SMILES string of the molecule is O=C(O)[C@@H](Cc1ccccc1)N[C@H](c1ccc(Cl)cc1)P(=O)(O)O. The Morgan fingerprint density at radius 3 is 2.17 bits per heavy atom. The summed E-state index contributed by atoms with van der Waals surface area (Å²) >= 11 is 5.79. The van der Waals surface area contributed by atoms with Crippen LogP contribution in [0.5, 0.6) is 0 Å². The monoisotopic (exact) mass is 369 g/mol. The summed E-state index contributed by atoms with van der Waals surface area (Å²) < 4.78 is 11.8. The van der Waals surface area contributed by atoms with Crippen LogP contribution in [-0.4, -0.2) is 26.9 Å². The van der Waals surface area contributed by atoms with Gasteiger partial charge >= 0.3 is 13.6 Å². The molecule has 6 nitrogen and oxygen atoms in total. The smallest absolute Gasteiger partial charge is 0.346 e. The van der Waals surface area contributed by atoms with Crippen LogP contribution in [0, 0.1) is 0 Å². The van der Waals surface area contributed by atoms with Crippen molar-refractivity contribution in [1.29, 1.82) is 0 Å². The van der Waals surface area contributed by atoms with E-state index in [9.17, 15) is 24.3 Å². The van der Waals surface area contributed by atoms with Gasteiger partial charge in [0.2, 0.25) is 0 Å². The van der Waals surface area contributed by atoms with Crippen molar-refractivity contribution in [3.63, 3.8) is 0 Å². The maximum atomic E-state index is 11.8. The zero-order chi connectivity index (χ0) is 17.7. The predicted molar refractivity (Wildman–Crippen MR) is 90.9 cm³/mol. The molecule has 0 bridgehead atoms. The summed E-state index contributed by atoms with van der Waals surface area (Å²) in [5.41, 5.74) is 1.02. The van der Waals surface area contributed by atoms with E-state index in [-0.39, 0.29) is 12.0 Å². The molecule has 0 aliphatic heterocycles. The lowest BCUT2D eigenvalue weighted by Crippen LogP contribution is -2.40. The van der Waals surface area contributed by atoms with Crippen LogP contribution < -0.4 is 5.32 Å². The second kappa shape index (κ2) is 7.92. The van der Waals surface area contributed by atoms with E-state index in [0.717, 1.165) is 5.56 Å². The quantitative estimate of drug-likeness (QED) is 0.559. The zero-order valence-corrected chi connectivity index (χ0v) is 14.2. The van der Waals surface area contributed by atoms with Gasteiger partial charge in [-0.25, -0.2) is 0 Å². The fourth-order valence-corrected chi connectivity index (χ4v) is 3.35. The Labute approximate surface area is 144 Å². The average molecular weight is 370 g/mol. The number of aliphatic carboxylic acids is 1. The summed E-state index contributed by atoms with van der Waals surface area (Å²) in [5.74, 6) is -2.62. The van der Waals surface area contributed by atoms with Crippen LogP contribution in [-0.2, 0) is 15.8 Å². The maximum absolute atomic E-state index is 11.8. The van der Waals surface area contributed by atoms with E-state index in [2.05, 4.69) is 5.32 Å². The van der Waals surface area contributed by atoms with Crippen LogP contribution in [0.2, 0.25) is 5.02 Å². The first-order valence-corrected chi connectivity index (χ1v) is 9.17. The number of carboxylic acids is 1. The van der Waals surface area contributed by atoms with E-state index >= 15 is 0 Å². The Kier molecular flexibility index (Phi) is 6.15. The minimum atomic E-state index is -4.63.